The first-order valence-electron chi connectivity index (χ1n) is 11.8. The van der Waals surface area contributed by atoms with Crippen molar-refractivity contribution >= 4 is 55.8 Å². The fraction of sp³-hybridized carbons (Fsp3) is 0.172. The lowest BCUT2D eigenvalue weighted by atomic mass is 10.1. The Hall–Kier alpha value is -3.36. The largest absolute Gasteiger partial charge is 0.492 e. The molecule has 0 atom stereocenters. The molecule has 4 aromatic rings. The van der Waals surface area contributed by atoms with Gasteiger partial charge in [0.1, 0.15) is 18.2 Å². The SMILES string of the molecule is Cc1ccc(OCCn2cc(/C=C3\SC(=O)N(Cc4ccc(F)cc4)C3=O)c3cc(Br)ccc32)cc1C. The minimum atomic E-state index is -0.361. The van der Waals surface area contributed by atoms with Crippen LogP contribution in [0.3, 0.4) is 0 Å². The first-order valence-corrected chi connectivity index (χ1v) is 13.4. The second-order valence-electron chi connectivity index (χ2n) is 8.93. The van der Waals surface area contributed by atoms with Crippen molar-refractivity contribution in [2.45, 2.75) is 26.9 Å². The maximum Gasteiger partial charge on any atom is 0.293 e. The molecule has 0 saturated carbocycles. The van der Waals surface area contributed by atoms with E-state index in [0.29, 0.717) is 23.6 Å². The summed E-state index contributed by atoms with van der Waals surface area (Å²) in [5, 5.41) is 0.623. The molecular formula is C29H24BrFN2O3S. The average molecular weight is 579 g/mol. The zero-order valence-corrected chi connectivity index (χ0v) is 22.7. The lowest BCUT2D eigenvalue weighted by molar-refractivity contribution is -0.123. The highest BCUT2D eigenvalue weighted by Crippen LogP contribution is 2.35. The van der Waals surface area contributed by atoms with E-state index in [1.165, 1.54) is 28.2 Å². The van der Waals surface area contributed by atoms with Gasteiger partial charge >= 0.3 is 0 Å². The van der Waals surface area contributed by atoms with Crippen LogP contribution in [0, 0.1) is 19.7 Å². The number of amides is 2. The molecular weight excluding hydrogens is 555 g/mol. The van der Waals surface area contributed by atoms with Crippen molar-refractivity contribution in [3.05, 3.63) is 104 Å². The Morgan fingerprint density at radius 3 is 2.54 bits per heavy atom. The molecule has 0 aliphatic carbocycles. The molecule has 1 aromatic heterocycles. The molecule has 0 N–H and O–H groups in total. The number of aromatic nitrogens is 1. The summed E-state index contributed by atoms with van der Waals surface area (Å²) in [7, 11) is 0. The summed E-state index contributed by atoms with van der Waals surface area (Å²) in [4.78, 5) is 27.3. The number of halogens is 2. The standard InChI is InChI=1S/C29H24BrFN2O3S/c1-18-3-9-24(13-19(18)2)36-12-11-32-17-21(25-15-22(30)6-10-26(25)32)14-27-28(34)33(29(35)37-27)16-20-4-7-23(31)8-5-20/h3-10,13-15,17H,11-12,16H2,1-2H3/b27-14-. The average Bonchev–Trinajstić information content (AvgIpc) is 3.34. The van der Waals surface area contributed by atoms with E-state index in [0.717, 1.165) is 38.5 Å². The molecule has 188 valence electrons. The van der Waals surface area contributed by atoms with E-state index in [9.17, 15) is 14.0 Å². The van der Waals surface area contributed by atoms with Crippen molar-refractivity contribution in [2.24, 2.45) is 0 Å². The number of benzene rings is 3. The second-order valence-corrected chi connectivity index (χ2v) is 10.8. The van der Waals surface area contributed by atoms with Crippen molar-refractivity contribution in [1.29, 1.82) is 0 Å². The molecule has 5 rings (SSSR count). The lowest BCUT2D eigenvalue weighted by Crippen LogP contribution is -2.27. The van der Waals surface area contributed by atoms with Crippen molar-refractivity contribution in [3.8, 4) is 5.75 Å². The first-order chi connectivity index (χ1) is 17.8. The molecule has 8 heteroatoms. The molecule has 0 bridgehead atoms. The normalized spacial score (nSPS) is 14.8. The zero-order valence-electron chi connectivity index (χ0n) is 20.3. The Kier molecular flexibility index (Phi) is 7.22. The van der Waals surface area contributed by atoms with Gasteiger partial charge in [0.05, 0.1) is 18.0 Å². The van der Waals surface area contributed by atoms with Crippen LogP contribution in [-0.2, 0) is 17.9 Å². The number of thioether (sulfide) groups is 1. The van der Waals surface area contributed by atoms with E-state index < -0.39 is 0 Å². The number of hydrogen-bond donors (Lipinski definition) is 0. The zero-order chi connectivity index (χ0) is 26.1. The third-order valence-corrected chi connectivity index (χ3v) is 7.77. The molecule has 0 unspecified atom stereocenters. The number of hydrogen-bond acceptors (Lipinski definition) is 4. The van der Waals surface area contributed by atoms with Crippen LogP contribution < -0.4 is 4.74 Å². The van der Waals surface area contributed by atoms with Crippen LogP contribution in [0.4, 0.5) is 9.18 Å². The van der Waals surface area contributed by atoms with E-state index in [4.69, 9.17) is 4.74 Å². The predicted octanol–water partition coefficient (Wildman–Crippen LogP) is 7.48. The number of ether oxygens (including phenoxy) is 1. The minimum absolute atomic E-state index is 0.103. The van der Waals surface area contributed by atoms with Gasteiger partial charge in [-0.2, -0.15) is 0 Å². The molecule has 37 heavy (non-hydrogen) atoms. The molecule has 2 amide bonds. The van der Waals surface area contributed by atoms with E-state index >= 15 is 0 Å². The van der Waals surface area contributed by atoms with Gasteiger partial charge in [0.15, 0.2) is 0 Å². The number of carbonyl (C=O) groups excluding carboxylic acids is 2. The van der Waals surface area contributed by atoms with E-state index in [2.05, 4.69) is 40.4 Å². The van der Waals surface area contributed by atoms with Crippen LogP contribution >= 0.6 is 27.7 Å². The molecule has 0 spiro atoms. The molecule has 1 fully saturated rings. The van der Waals surface area contributed by atoms with Crippen LogP contribution in [0.15, 0.2) is 76.2 Å². The van der Waals surface area contributed by atoms with Crippen molar-refractivity contribution in [2.75, 3.05) is 6.61 Å². The number of aryl methyl sites for hydroxylation is 2. The van der Waals surface area contributed by atoms with Crippen molar-refractivity contribution in [1.82, 2.24) is 9.47 Å². The molecule has 5 nitrogen and oxygen atoms in total. The Labute approximate surface area is 227 Å². The van der Waals surface area contributed by atoms with Gasteiger partial charge in [0.2, 0.25) is 0 Å². The third-order valence-electron chi connectivity index (χ3n) is 6.37. The Balaban J connectivity index is 1.37. The van der Waals surface area contributed by atoms with Gasteiger partial charge in [0.25, 0.3) is 11.1 Å². The summed E-state index contributed by atoms with van der Waals surface area (Å²) < 4.78 is 22.2. The number of rotatable bonds is 7. The fourth-order valence-corrected chi connectivity index (χ4v) is 5.40. The molecule has 0 radical (unpaired) electrons. The van der Waals surface area contributed by atoms with Gasteiger partial charge in [-0.1, -0.05) is 34.1 Å². The number of imide groups is 1. The summed E-state index contributed by atoms with van der Waals surface area (Å²) in [5.74, 6) is 0.116. The monoisotopic (exact) mass is 578 g/mol. The van der Waals surface area contributed by atoms with Gasteiger partial charge in [0, 0.05) is 27.1 Å². The summed E-state index contributed by atoms with van der Waals surface area (Å²) >= 11 is 4.46. The summed E-state index contributed by atoms with van der Waals surface area (Å²) in [6.45, 7) is 5.33. The van der Waals surface area contributed by atoms with Crippen molar-refractivity contribution < 1.29 is 18.7 Å². The topological polar surface area (TPSA) is 51.5 Å². The summed E-state index contributed by atoms with van der Waals surface area (Å²) in [6, 6.07) is 17.9. The van der Waals surface area contributed by atoms with Crippen LogP contribution in [0.5, 0.6) is 5.75 Å². The van der Waals surface area contributed by atoms with Gasteiger partial charge in [-0.3, -0.25) is 14.5 Å². The van der Waals surface area contributed by atoms with Crippen LogP contribution in [0.2, 0.25) is 0 Å². The summed E-state index contributed by atoms with van der Waals surface area (Å²) in [6.07, 6.45) is 3.75. The Bertz CT molecular complexity index is 1550. The van der Waals surface area contributed by atoms with Crippen LogP contribution in [0.25, 0.3) is 17.0 Å². The maximum absolute atomic E-state index is 13.2. The van der Waals surface area contributed by atoms with E-state index in [1.54, 1.807) is 18.2 Å². The number of nitrogens with zero attached hydrogens (tertiary/aromatic N) is 2. The first kappa shape index (κ1) is 25.3. The van der Waals surface area contributed by atoms with Crippen molar-refractivity contribution in [3.63, 3.8) is 0 Å². The number of fused-ring (bicyclic) bond motifs is 1. The highest BCUT2D eigenvalue weighted by Gasteiger charge is 2.35. The molecule has 1 aliphatic rings. The molecule has 2 heterocycles. The van der Waals surface area contributed by atoms with E-state index in [1.807, 2.05) is 36.5 Å². The van der Waals surface area contributed by atoms with Gasteiger partial charge in [-0.25, -0.2) is 4.39 Å². The van der Waals surface area contributed by atoms with Gasteiger partial charge in [-0.05, 0) is 90.8 Å². The Morgan fingerprint density at radius 2 is 1.78 bits per heavy atom. The minimum Gasteiger partial charge on any atom is -0.492 e. The lowest BCUT2D eigenvalue weighted by Gasteiger charge is -2.12. The van der Waals surface area contributed by atoms with Crippen LogP contribution in [-0.4, -0.2) is 27.2 Å². The second kappa shape index (κ2) is 10.6. The predicted molar refractivity (Wildman–Crippen MR) is 149 cm³/mol. The van der Waals surface area contributed by atoms with E-state index in [-0.39, 0.29) is 23.5 Å². The van der Waals surface area contributed by atoms with Gasteiger partial charge in [-0.15, -0.1) is 0 Å². The van der Waals surface area contributed by atoms with Gasteiger partial charge < -0.3 is 9.30 Å². The fourth-order valence-electron chi connectivity index (χ4n) is 4.21. The quantitative estimate of drug-likeness (QED) is 0.213. The number of carbonyl (C=O) groups is 2. The smallest absolute Gasteiger partial charge is 0.293 e. The highest BCUT2D eigenvalue weighted by atomic mass is 79.9. The molecule has 1 saturated heterocycles. The molecule has 3 aromatic carbocycles. The maximum atomic E-state index is 13.2. The summed E-state index contributed by atoms with van der Waals surface area (Å²) in [5.41, 5.74) is 4.94. The Morgan fingerprint density at radius 1 is 1.00 bits per heavy atom. The highest BCUT2D eigenvalue weighted by molar-refractivity contribution is 9.10. The van der Waals surface area contributed by atoms with Crippen LogP contribution in [0.1, 0.15) is 22.3 Å². The molecule has 1 aliphatic heterocycles. The third kappa shape index (κ3) is 5.50.